The van der Waals surface area contributed by atoms with Gasteiger partial charge in [0.25, 0.3) is 0 Å². The van der Waals surface area contributed by atoms with Crippen molar-refractivity contribution in [3.8, 4) is 0 Å². The number of carboxylic acids is 1. The fraction of sp³-hybridized carbons (Fsp3) is 0.533. The fourth-order valence-electron chi connectivity index (χ4n) is 3.18. The Morgan fingerprint density at radius 3 is 2.94 bits per heavy atom. The van der Waals surface area contributed by atoms with E-state index in [0.717, 1.165) is 18.4 Å². The van der Waals surface area contributed by atoms with Crippen LogP contribution in [0.5, 0.6) is 0 Å². The van der Waals surface area contributed by atoms with E-state index in [0.29, 0.717) is 19.3 Å². The Morgan fingerprint density at radius 2 is 2.33 bits per heavy atom. The summed E-state index contributed by atoms with van der Waals surface area (Å²) in [7, 11) is 0. The summed E-state index contributed by atoms with van der Waals surface area (Å²) in [6, 6.07) is 6.56. The minimum Gasteiger partial charge on any atom is -0.481 e. The number of halogens is 1. The van der Waals surface area contributed by atoms with Crippen LogP contribution in [-0.4, -0.2) is 11.1 Å². The van der Waals surface area contributed by atoms with Crippen LogP contribution in [0.3, 0.4) is 0 Å². The van der Waals surface area contributed by atoms with E-state index in [-0.39, 0.29) is 11.7 Å². The summed E-state index contributed by atoms with van der Waals surface area (Å²) in [6.45, 7) is 2.01. The van der Waals surface area contributed by atoms with Gasteiger partial charge in [-0.05, 0) is 49.3 Å². The zero-order valence-corrected chi connectivity index (χ0v) is 10.7. The lowest BCUT2D eigenvalue weighted by atomic mass is 9.80. The van der Waals surface area contributed by atoms with Gasteiger partial charge in [-0.25, -0.2) is 4.39 Å². The van der Waals surface area contributed by atoms with Crippen molar-refractivity contribution in [1.82, 2.24) is 0 Å². The van der Waals surface area contributed by atoms with Gasteiger partial charge in [0.05, 0.1) is 5.41 Å². The smallest absolute Gasteiger partial charge is 0.309 e. The van der Waals surface area contributed by atoms with Crippen LogP contribution in [-0.2, 0) is 4.79 Å². The minimum absolute atomic E-state index is 0.184. The number of hydrogen-bond donors (Lipinski definition) is 1. The highest BCUT2D eigenvalue weighted by atomic mass is 19.1. The molecule has 98 valence electrons. The summed E-state index contributed by atoms with van der Waals surface area (Å²) in [5.74, 6) is -0.748. The molecule has 1 N–H and O–H groups in total. The highest BCUT2D eigenvalue weighted by Gasteiger charge is 2.44. The molecule has 0 heterocycles. The van der Waals surface area contributed by atoms with Crippen LogP contribution in [0.1, 0.15) is 50.5 Å². The Balaban J connectivity index is 2.18. The SMILES string of the molecule is CCC[C@@]1(C(=O)O)CC[C@H](c2cccc(F)c2)C1. The molecule has 1 saturated carbocycles. The lowest BCUT2D eigenvalue weighted by Gasteiger charge is -2.23. The van der Waals surface area contributed by atoms with Gasteiger partial charge in [0, 0.05) is 0 Å². The van der Waals surface area contributed by atoms with Gasteiger partial charge in [-0.1, -0.05) is 25.5 Å². The number of rotatable bonds is 4. The number of carboxylic acid groups (broad SMARTS) is 1. The molecule has 0 radical (unpaired) electrons. The van der Waals surface area contributed by atoms with Gasteiger partial charge >= 0.3 is 5.97 Å². The van der Waals surface area contributed by atoms with Gasteiger partial charge in [0.15, 0.2) is 0 Å². The molecule has 0 aromatic heterocycles. The van der Waals surface area contributed by atoms with E-state index in [4.69, 9.17) is 0 Å². The summed E-state index contributed by atoms with van der Waals surface area (Å²) < 4.78 is 13.2. The van der Waals surface area contributed by atoms with E-state index >= 15 is 0 Å². The lowest BCUT2D eigenvalue weighted by molar-refractivity contribution is -0.149. The molecule has 1 aliphatic rings. The first-order valence-corrected chi connectivity index (χ1v) is 6.56. The first kappa shape index (κ1) is 13.1. The molecule has 1 aromatic rings. The Labute approximate surface area is 107 Å². The molecule has 3 heteroatoms. The van der Waals surface area contributed by atoms with Crippen molar-refractivity contribution >= 4 is 5.97 Å². The predicted molar refractivity (Wildman–Crippen MR) is 68.0 cm³/mol. The first-order valence-electron chi connectivity index (χ1n) is 6.56. The second-order valence-corrected chi connectivity index (χ2v) is 5.33. The predicted octanol–water partition coefficient (Wildman–Crippen LogP) is 3.96. The molecular formula is C15H19FO2. The van der Waals surface area contributed by atoms with Crippen LogP contribution in [0.25, 0.3) is 0 Å². The van der Waals surface area contributed by atoms with Crippen LogP contribution < -0.4 is 0 Å². The molecule has 2 nitrogen and oxygen atoms in total. The first-order chi connectivity index (χ1) is 8.57. The number of carbonyl (C=O) groups is 1. The van der Waals surface area contributed by atoms with Crippen molar-refractivity contribution in [1.29, 1.82) is 0 Å². The maximum atomic E-state index is 13.2. The van der Waals surface area contributed by atoms with E-state index in [9.17, 15) is 14.3 Å². The molecular weight excluding hydrogens is 231 g/mol. The number of aliphatic carboxylic acids is 1. The average Bonchev–Trinajstić information content (AvgIpc) is 2.75. The zero-order valence-electron chi connectivity index (χ0n) is 10.7. The van der Waals surface area contributed by atoms with Gasteiger partial charge in [-0.15, -0.1) is 0 Å². The quantitative estimate of drug-likeness (QED) is 0.878. The Hall–Kier alpha value is -1.38. The van der Waals surface area contributed by atoms with Crippen molar-refractivity contribution in [2.75, 3.05) is 0 Å². The highest BCUT2D eigenvalue weighted by Crippen LogP contribution is 2.49. The molecule has 1 fully saturated rings. The average molecular weight is 250 g/mol. The van der Waals surface area contributed by atoms with Gasteiger partial charge in [-0.2, -0.15) is 0 Å². The van der Waals surface area contributed by atoms with Gasteiger partial charge in [0.1, 0.15) is 5.82 Å². The van der Waals surface area contributed by atoms with Crippen LogP contribution in [0.2, 0.25) is 0 Å². The highest BCUT2D eigenvalue weighted by molar-refractivity contribution is 5.75. The van der Waals surface area contributed by atoms with Crippen LogP contribution >= 0.6 is 0 Å². The van der Waals surface area contributed by atoms with Gasteiger partial charge in [-0.3, -0.25) is 4.79 Å². The maximum absolute atomic E-state index is 13.2. The normalized spacial score (nSPS) is 27.3. The number of hydrogen-bond acceptors (Lipinski definition) is 1. The summed E-state index contributed by atoms with van der Waals surface area (Å²) in [4.78, 5) is 11.5. The molecule has 0 aliphatic heterocycles. The van der Waals surface area contributed by atoms with E-state index in [2.05, 4.69) is 0 Å². The topological polar surface area (TPSA) is 37.3 Å². The van der Waals surface area contributed by atoms with Gasteiger partial charge < -0.3 is 5.11 Å². The Kier molecular flexibility index (Phi) is 3.69. The standard InChI is InChI=1S/C15H19FO2/c1-2-7-15(14(17)18)8-6-12(10-15)11-4-3-5-13(16)9-11/h3-5,9,12H,2,6-8,10H2,1H3,(H,17,18)/t12-,15+/m0/s1. The largest absolute Gasteiger partial charge is 0.481 e. The summed E-state index contributed by atoms with van der Waals surface area (Å²) in [5, 5.41) is 9.44. The van der Waals surface area contributed by atoms with E-state index < -0.39 is 11.4 Å². The molecule has 0 saturated heterocycles. The van der Waals surface area contributed by atoms with E-state index in [1.54, 1.807) is 6.07 Å². The summed E-state index contributed by atoms with van der Waals surface area (Å²) >= 11 is 0. The third kappa shape index (κ3) is 2.40. The monoisotopic (exact) mass is 250 g/mol. The summed E-state index contributed by atoms with van der Waals surface area (Å²) in [6.07, 6.45) is 3.78. The molecule has 0 unspecified atom stereocenters. The van der Waals surface area contributed by atoms with Gasteiger partial charge in [0.2, 0.25) is 0 Å². The molecule has 1 aliphatic carbocycles. The zero-order chi connectivity index (χ0) is 13.2. The van der Waals surface area contributed by atoms with Crippen molar-refractivity contribution in [3.05, 3.63) is 35.6 Å². The minimum atomic E-state index is -0.691. The second kappa shape index (κ2) is 5.09. The molecule has 0 spiro atoms. The van der Waals surface area contributed by atoms with Crippen molar-refractivity contribution in [2.24, 2.45) is 5.41 Å². The lowest BCUT2D eigenvalue weighted by Crippen LogP contribution is -2.27. The molecule has 0 amide bonds. The van der Waals surface area contributed by atoms with E-state index in [1.807, 2.05) is 13.0 Å². The van der Waals surface area contributed by atoms with Crippen molar-refractivity contribution in [2.45, 2.75) is 44.9 Å². The van der Waals surface area contributed by atoms with E-state index in [1.165, 1.54) is 12.1 Å². The maximum Gasteiger partial charge on any atom is 0.309 e. The summed E-state index contributed by atoms with van der Waals surface area (Å²) in [5.41, 5.74) is 0.348. The molecule has 0 bridgehead atoms. The van der Waals surface area contributed by atoms with Crippen LogP contribution in [0, 0.1) is 11.2 Å². The Morgan fingerprint density at radius 1 is 1.56 bits per heavy atom. The van der Waals surface area contributed by atoms with Crippen molar-refractivity contribution < 1.29 is 14.3 Å². The third-order valence-corrected chi connectivity index (χ3v) is 4.11. The second-order valence-electron chi connectivity index (χ2n) is 5.33. The van der Waals surface area contributed by atoms with Crippen LogP contribution in [0.4, 0.5) is 4.39 Å². The molecule has 1 aromatic carbocycles. The fourth-order valence-corrected chi connectivity index (χ4v) is 3.18. The third-order valence-electron chi connectivity index (χ3n) is 4.11. The number of benzene rings is 1. The molecule has 18 heavy (non-hydrogen) atoms. The van der Waals surface area contributed by atoms with Crippen molar-refractivity contribution in [3.63, 3.8) is 0 Å². The van der Waals surface area contributed by atoms with Crippen LogP contribution in [0.15, 0.2) is 24.3 Å². The Bertz CT molecular complexity index is 444. The molecule has 2 atom stereocenters. The molecule has 2 rings (SSSR count).